The lowest BCUT2D eigenvalue weighted by atomic mass is 9.97. The van der Waals surface area contributed by atoms with Crippen LogP contribution >= 0.6 is 15.9 Å². The number of para-hydroxylation sites is 1. The molecule has 0 aliphatic rings. The van der Waals surface area contributed by atoms with Gasteiger partial charge in [-0.3, -0.25) is 0 Å². The van der Waals surface area contributed by atoms with Crippen molar-refractivity contribution < 1.29 is 4.42 Å². The molecule has 0 amide bonds. The minimum Gasteiger partial charge on any atom is -0.456 e. The summed E-state index contributed by atoms with van der Waals surface area (Å²) in [5.41, 5.74) is 10.2. The number of benzene rings is 7. The van der Waals surface area contributed by atoms with Crippen molar-refractivity contribution in [2.75, 3.05) is 0 Å². The predicted molar refractivity (Wildman–Crippen MR) is 184 cm³/mol. The Hall–Kier alpha value is -5.12. The molecule has 0 N–H and O–H groups in total. The summed E-state index contributed by atoms with van der Waals surface area (Å²) < 4.78 is 9.53. The number of nitrogens with zero attached hydrogens (tertiary/aromatic N) is 1. The molecular formula is C40H24BrNO. The standard InChI is InChI=1S/C40H24BrNO/c41-34-11-6-12-38-40(34)33-24-29(19-22-37(33)43-38)26-15-13-25(14-16-26)28-18-20-35-32(23-28)39-31-10-5-4-7-27(31)17-21-36(39)42(35)30-8-2-1-3-9-30/h1-24H. The van der Waals surface area contributed by atoms with Crippen LogP contribution in [0.3, 0.4) is 0 Å². The molecule has 0 spiro atoms. The normalized spacial score (nSPS) is 11.8. The number of hydrogen-bond acceptors (Lipinski definition) is 1. The van der Waals surface area contributed by atoms with Crippen LogP contribution in [-0.2, 0) is 0 Å². The van der Waals surface area contributed by atoms with Gasteiger partial charge in [-0.2, -0.15) is 0 Å². The highest BCUT2D eigenvalue weighted by molar-refractivity contribution is 9.10. The molecule has 0 bridgehead atoms. The maximum atomic E-state index is 6.09. The quantitative estimate of drug-likeness (QED) is 0.194. The van der Waals surface area contributed by atoms with Gasteiger partial charge in [0.2, 0.25) is 0 Å². The van der Waals surface area contributed by atoms with E-state index in [-0.39, 0.29) is 0 Å². The first-order valence-corrected chi connectivity index (χ1v) is 15.3. The van der Waals surface area contributed by atoms with Gasteiger partial charge in [-0.25, -0.2) is 0 Å². The minimum absolute atomic E-state index is 0.897. The molecule has 0 saturated carbocycles. The fourth-order valence-corrected chi connectivity index (χ4v) is 7.21. The molecule has 43 heavy (non-hydrogen) atoms. The Morgan fingerprint density at radius 1 is 0.442 bits per heavy atom. The Bertz CT molecular complexity index is 2500. The summed E-state index contributed by atoms with van der Waals surface area (Å²) in [4.78, 5) is 0. The van der Waals surface area contributed by atoms with E-state index in [0.29, 0.717) is 0 Å². The lowest BCUT2D eigenvalue weighted by molar-refractivity contribution is 0.669. The molecule has 7 aromatic carbocycles. The highest BCUT2D eigenvalue weighted by atomic mass is 79.9. The fourth-order valence-electron chi connectivity index (χ4n) is 6.64. The molecule has 3 heteroatoms. The van der Waals surface area contributed by atoms with Crippen LogP contribution in [0.4, 0.5) is 0 Å². The Labute approximate surface area is 256 Å². The molecule has 0 unspecified atom stereocenters. The number of rotatable bonds is 3. The number of aromatic nitrogens is 1. The number of fused-ring (bicyclic) bond motifs is 8. The van der Waals surface area contributed by atoms with Crippen LogP contribution in [0, 0.1) is 0 Å². The van der Waals surface area contributed by atoms with Crippen molar-refractivity contribution in [3.8, 4) is 27.9 Å². The van der Waals surface area contributed by atoms with E-state index in [4.69, 9.17) is 4.42 Å². The van der Waals surface area contributed by atoms with E-state index in [2.05, 4.69) is 154 Å². The van der Waals surface area contributed by atoms with E-state index in [0.717, 1.165) is 26.4 Å². The zero-order chi connectivity index (χ0) is 28.5. The third-order valence-corrected chi connectivity index (χ3v) is 9.33. The van der Waals surface area contributed by atoms with Crippen molar-refractivity contribution in [3.63, 3.8) is 0 Å². The van der Waals surface area contributed by atoms with Gasteiger partial charge in [0, 0.05) is 31.7 Å². The molecule has 2 nitrogen and oxygen atoms in total. The van der Waals surface area contributed by atoms with Gasteiger partial charge in [-0.1, -0.05) is 107 Å². The number of furan rings is 1. The largest absolute Gasteiger partial charge is 0.456 e. The maximum absolute atomic E-state index is 6.09. The van der Waals surface area contributed by atoms with Gasteiger partial charge in [-0.05, 0) is 87.6 Å². The summed E-state index contributed by atoms with van der Waals surface area (Å²) in [5, 5.41) is 7.33. The first-order chi connectivity index (χ1) is 21.2. The van der Waals surface area contributed by atoms with Gasteiger partial charge in [0.1, 0.15) is 11.2 Å². The average molecular weight is 615 g/mol. The van der Waals surface area contributed by atoms with E-state index >= 15 is 0 Å². The highest BCUT2D eigenvalue weighted by Gasteiger charge is 2.16. The third kappa shape index (κ3) is 3.78. The van der Waals surface area contributed by atoms with Crippen molar-refractivity contribution in [2.45, 2.75) is 0 Å². The molecule has 202 valence electrons. The van der Waals surface area contributed by atoms with Crippen molar-refractivity contribution in [3.05, 3.63) is 150 Å². The van der Waals surface area contributed by atoms with Gasteiger partial charge in [-0.15, -0.1) is 0 Å². The monoisotopic (exact) mass is 613 g/mol. The summed E-state index contributed by atoms with van der Waals surface area (Å²) in [6.07, 6.45) is 0. The predicted octanol–water partition coefficient (Wildman–Crippen LogP) is 11.9. The third-order valence-electron chi connectivity index (χ3n) is 8.66. The lowest BCUT2D eigenvalue weighted by Gasteiger charge is -2.09. The summed E-state index contributed by atoms with van der Waals surface area (Å²) in [5.74, 6) is 0. The van der Waals surface area contributed by atoms with Crippen LogP contribution in [-0.4, -0.2) is 4.57 Å². The Balaban J connectivity index is 1.19. The van der Waals surface area contributed by atoms with Gasteiger partial charge in [0.05, 0.1) is 11.0 Å². The van der Waals surface area contributed by atoms with E-state index in [9.17, 15) is 0 Å². The second kappa shape index (κ2) is 9.45. The SMILES string of the molecule is Brc1cccc2oc3ccc(-c4ccc(-c5ccc6c(c5)c5c7ccccc7ccc5n6-c5ccccc5)cc4)cc3c12. The van der Waals surface area contributed by atoms with Crippen molar-refractivity contribution in [2.24, 2.45) is 0 Å². The fraction of sp³-hybridized carbons (Fsp3) is 0. The summed E-state index contributed by atoms with van der Waals surface area (Å²) in [7, 11) is 0. The topological polar surface area (TPSA) is 18.1 Å². The molecule has 0 saturated heterocycles. The lowest BCUT2D eigenvalue weighted by Crippen LogP contribution is -1.93. The summed E-state index contributed by atoms with van der Waals surface area (Å²) in [6, 6.07) is 52.2. The van der Waals surface area contributed by atoms with E-state index in [1.54, 1.807) is 0 Å². The van der Waals surface area contributed by atoms with Crippen LogP contribution in [0.5, 0.6) is 0 Å². The Kier molecular flexibility index (Phi) is 5.38. The van der Waals surface area contributed by atoms with E-state index < -0.39 is 0 Å². The number of hydrogen-bond donors (Lipinski definition) is 0. The smallest absolute Gasteiger partial charge is 0.136 e. The van der Waals surface area contributed by atoms with Crippen molar-refractivity contribution >= 4 is 70.4 Å². The molecular weight excluding hydrogens is 590 g/mol. The molecule has 2 heterocycles. The maximum Gasteiger partial charge on any atom is 0.136 e. The molecule has 9 rings (SSSR count). The van der Waals surface area contributed by atoms with Crippen LogP contribution in [0.1, 0.15) is 0 Å². The van der Waals surface area contributed by atoms with Crippen LogP contribution in [0.15, 0.2) is 154 Å². The Morgan fingerprint density at radius 3 is 1.93 bits per heavy atom. The second-order valence-electron chi connectivity index (χ2n) is 11.1. The molecule has 0 aliphatic heterocycles. The molecule has 2 aromatic heterocycles. The molecule has 9 aromatic rings. The zero-order valence-electron chi connectivity index (χ0n) is 23.1. The van der Waals surface area contributed by atoms with Crippen LogP contribution in [0.2, 0.25) is 0 Å². The second-order valence-corrected chi connectivity index (χ2v) is 11.9. The van der Waals surface area contributed by atoms with E-state index in [1.165, 1.54) is 60.5 Å². The van der Waals surface area contributed by atoms with Crippen molar-refractivity contribution in [1.29, 1.82) is 0 Å². The van der Waals surface area contributed by atoms with Crippen molar-refractivity contribution in [1.82, 2.24) is 4.57 Å². The molecule has 0 fully saturated rings. The van der Waals surface area contributed by atoms with Crippen LogP contribution in [0.25, 0.3) is 82.5 Å². The zero-order valence-corrected chi connectivity index (χ0v) is 24.7. The highest BCUT2D eigenvalue weighted by Crippen LogP contribution is 2.40. The van der Waals surface area contributed by atoms with E-state index in [1.807, 2.05) is 12.1 Å². The molecule has 0 aliphatic carbocycles. The van der Waals surface area contributed by atoms with Gasteiger partial charge >= 0.3 is 0 Å². The van der Waals surface area contributed by atoms with Gasteiger partial charge in [0.25, 0.3) is 0 Å². The Morgan fingerprint density at radius 2 is 1.12 bits per heavy atom. The van der Waals surface area contributed by atoms with Gasteiger partial charge < -0.3 is 8.98 Å². The minimum atomic E-state index is 0.897. The summed E-state index contributed by atoms with van der Waals surface area (Å²) in [6.45, 7) is 0. The number of halogens is 1. The van der Waals surface area contributed by atoms with Gasteiger partial charge in [0.15, 0.2) is 0 Å². The first-order valence-electron chi connectivity index (χ1n) is 14.5. The molecule has 0 atom stereocenters. The average Bonchev–Trinajstić information content (AvgIpc) is 3.61. The molecule has 0 radical (unpaired) electrons. The first kappa shape index (κ1) is 24.5. The van der Waals surface area contributed by atoms with Crippen LogP contribution < -0.4 is 0 Å². The summed E-state index contributed by atoms with van der Waals surface area (Å²) >= 11 is 3.71.